The van der Waals surface area contributed by atoms with Gasteiger partial charge in [0.25, 0.3) is 0 Å². The first-order chi connectivity index (χ1) is 51.3. The SMILES string of the molecule is Cc1ccc(OC2COCC(N(C(=O)OC(C)(C)C)C(=O)OC(C)(C)CCC(C)(C)OC(=O)N(C(=O)OC(C)(C)CCC(C)(C)OC(=O)N(C(=O)OC(C)(C)C)C3COCC(O)C(Oc4ccccc4)C(C)OC3=O)C3COCC(Oc4ccccc4)C(O)C(C)OC3=O)C(=O)OC(C)C2Oc2ccc(C)cc2)cc1. The first kappa shape index (κ1) is 87.7. The summed E-state index contributed by atoms with van der Waals surface area (Å²) in [5.41, 5.74) is -6.92. The molecule has 0 radical (unpaired) electrons. The van der Waals surface area contributed by atoms with Crippen molar-refractivity contribution in [3.63, 3.8) is 0 Å². The Kier molecular flexibility index (Phi) is 29.9. The summed E-state index contributed by atoms with van der Waals surface area (Å²) in [5.74, 6) is -1.85. The van der Waals surface area contributed by atoms with Crippen molar-refractivity contribution in [3.8, 4) is 23.0 Å². The van der Waals surface area contributed by atoms with Crippen LogP contribution in [0.3, 0.4) is 0 Å². The van der Waals surface area contributed by atoms with E-state index in [9.17, 15) is 43.8 Å². The number of cyclic esters (lactones) is 3. The van der Waals surface area contributed by atoms with Crippen LogP contribution in [0.15, 0.2) is 109 Å². The van der Waals surface area contributed by atoms with Gasteiger partial charge in [0.05, 0.1) is 39.6 Å². The van der Waals surface area contributed by atoms with Crippen molar-refractivity contribution in [3.05, 3.63) is 120 Å². The number of para-hydroxylation sites is 2. The Morgan fingerprint density at radius 3 is 1.01 bits per heavy atom. The number of aryl methyl sites for hydroxylation is 2. The summed E-state index contributed by atoms with van der Waals surface area (Å²) in [4.78, 5) is 132. The molecule has 3 aliphatic rings. The van der Waals surface area contributed by atoms with E-state index in [0.29, 0.717) is 37.7 Å². The molecule has 0 aliphatic carbocycles. The van der Waals surface area contributed by atoms with Crippen LogP contribution in [0.25, 0.3) is 0 Å². The molecule has 2 N–H and O–H groups in total. The number of carbonyl (C=O) groups excluding carboxylic acids is 9. The number of ether oxygens (including phenoxy) is 16. The molecule has 4 aromatic rings. The van der Waals surface area contributed by atoms with E-state index >= 15 is 9.59 Å². The molecule has 6 amide bonds. The molecule has 12 atom stereocenters. The molecule has 606 valence electrons. The molecule has 30 nitrogen and oxygen atoms in total. The van der Waals surface area contributed by atoms with Crippen molar-refractivity contribution in [2.75, 3.05) is 39.6 Å². The third-order valence-corrected chi connectivity index (χ3v) is 17.6. The fraction of sp³-hybridized carbons (Fsp3) is 0.588. The minimum absolute atomic E-state index is 0.160. The van der Waals surface area contributed by atoms with E-state index < -0.39 is 194 Å². The molecule has 0 saturated carbocycles. The van der Waals surface area contributed by atoms with Crippen molar-refractivity contribution in [1.82, 2.24) is 14.7 Å². The number of aliphatic hydroxyl groups is 2. The highest BCUT2D eigenvalue weighted by Crippen LogP contribution is 2.34. The standard InChI is InChI=1S/C80H109N3O27/c1-48-30-34-55(35-31-48)102-62-47-97-44-59(68(88)100-52(5)65(62)104-56-36-32-49(2)33-37-56)82(70(90)106-76(9,10)11)72(92)108-78(14,15)39-41-80(18,19)110-74(94)83(58-43-96-46-61(63(85)50(3)98-66(58)86)101-53-26-22-20-23-27-53)73(93)109-79(16,17)40-38-77(12,13)107-71(91)81(69(89)105-75(6,7)8)57-42-95-45-60(84)64(51(4)99-67(57)87)103-54-28-24-21-25-29-54/h20-37,50-52,57-65,84-85H,38-47H2,1-19H3. The van der Waals surface area contributed by atoms with Gasteiger partial charge in [-0.25, -0.2) is 43.2 Å². The Labute approximate surface area is 642 Å². The first-order valence-corrected chi connectivity index (χ1v) is 36.7. The van der Waals surface area contributed by atoms with Gasteiger partial charge in [-0.15, -0.1) is 0 Å². The van der Waals surface area contributed by atoms with Crippen LogP contribution in [0.4, 0.5) is 28.8 Å². The lowest BCUT2D eigenvalue weighted by molar-refractivity contribution is -0.162. The number of nitrogens with zero attached hydrogens (tertiary/aromatic N) is 3. The van der Waals surface area contributed by atoms with E-state index in [1.54, 1.807) is 113 Å². The van der Waals surface area contributed by atoms with Gasteiger partial charge in [-0.05, 0) is 206 Å². The minimum atomic E-state index is -1.98. The van der Waals surface area contributed by atoms with Crippen LogP contribution in [0.1, 0.15) is 155 Å². The number of carbonyl (C=O) groups is 9. The summed E-state index contributed by atoms with van der Waals surface area (Å²) in [5, 5.41) is 22.7. The fourth-order valence-electron chi connectivity index (χ4n) is 11.4. The van der Waals surface area contributed by atoms with Gasteiger partial charge < -0.3 is 86.0 Å². The van der Waals surface area contributed by atoms with E-state index in [2.05, 4.69) is 0 Å². The molecular formula is C80H109N3O27. The number of imide groups is 3. The summed E-state index contributed by atoms with van der Waals surface area (Å²) < 4.78 is 96.0. The fourth-order valence-corrected chi connectivity index (χ4v) is 11.4. The summed E-state index contributed by atoms with van der Waals surface area (Å²) >= 11 is 0. The molecule has 4 aromatic carbocycles. The monoisotopic (exact) mass is 1540 g/mol. The summed E-state index contributed by atoms with van der Waals surface area (Å²) in [6.07, 6.45) is -19.6. The maximum Gasteiger partial charge on any atom is 0.420 e. The van der Waals surface area contributed by atoms with Gasteiger partial charge >= 0.3 is 54.5 Å². The number of amides is 6. The van der Waals surface area contributed by atoms with Gasteiger partial charge in [0.15, 0.2) is 42.5 Å². The quantitative estimate of drug-likeness (QED) is 0.0578. The van der Waals surface area contributed by atoms with E-state index in [-0.39, 0.29) is 32.3 Å². The topological polar surface area (TPSA) is 351 Å². The maximum atomic E-state index is 15.1. The summed E-state index contributed by atoms with van der Waals surface area (Å²) in [7, 11) is 0. The highest BCUT2D eigenvalue weighted by Gasteiger charge is 2.50. The van der Waals surface area contributed by atoms with Crippen LogP contribution in [0.2, 0.25) is 0 Å². The molecular weight excluding hydrogens is 1430 g/mol. The zero-order valence-corrected chi connectivity index (χ0v) is 66.3. The van der Waals surface area contributed by atoms with Gasteiger partial charge in [0.2, 0.25) is 0 Å². The number of esters is 3. The second kappa shape index (κ2) is 37.5. The summed E-state index contributed by atoms with van der Waals surface area (Å²) in [6.45, 7) is 26.2. The average Bonchev–Trinajstić information content (AvgIpc) is 1.26. The molecule has 3 saturated heterocycles. The Balaban J connectivity index is 1.10. The molecule has 3 aliphatic heterocycles. The predicted octanol–water partition coefficient (Wildman–Crippen LogP) is 12.1. The van der Waals surface area contributed by atoms with E-state index in [4.69, 9.17) is 75.8 Å². The number of aliphatic hydroxyl groups excluding tert-OH is 2. The minimum Gasteiger partial charge on any atom is -0.485 e. The number of rotatable bonds is 21. The van der Waals surface area contributed by atoms with Crippen molar-refractivity contribution >= 4 is 54.5 Å². The second-order valence-corrected chi connectivity index (χ2v) is 32.0. The Morgan fingerprint density at radius 1 is 0.364 bits per heavy atom. The van der Waals surface area contributed by atoms with Crippen molar-refractivity contribution in [1.29, 1.82) is 0 Å². The first-order valence-electron chi connectivity index (χ1n) is 36.7. The zero-order valence-electron chi connectivity index (χ0n) is 66.3. The van der Waals surface area contributed by atoms with E-state index in [0.717, 1.165) is 11.1 Å². The Bertz CT molecular complexity index is 3740. The van der Waals surface area contributed by atoms with Gasteiger partial charge in [-0.3, -0.25) is 0 Å². The second-order valence-electron chi connectivity index (χ2n) is 32.0. The van der Waals surface area contributed by atoms with Crippen molar-refractivity contribution in [2.24, 2.45) is 0 Å². The van der Waals surface area contributed by atoms with Crippen LogP contribution in [-0.4, -0.2) is 226 Å². The van der Waals surface area contributed by atoms with Gasteiger partial charge in [0.1, 0.15) is 87.1 Å². The predicted molar refractivity (Wildman–Crippen MR) is 394 cm³/mol. The van der Waals surface area contributed by atoms with Crippen LogP contribution >= 0.6 is 0 Å². The highest BCUT2D eigenvalue weighted by atomic mass is 16.7. The van der Waals surface area contributed by atoms with Crippen LogP contribution < -0.4 is 18.9 Å². The third kappa shape index (κ3) is 26.4. The molecule has 30 heteroatoms. The van der Waals surface area contributed by atoms with E-state index in [1.807, 2.05) is 38.1 Å². The van der Waals surface area contributed by atoms with Crippen molar-refractivity contribution < 1.29 is 129 Å². The van der Waals surface area contributed by atoms with Crippen LogP contribution in [0, 0.1) is 13.8 Å². The van der Waals surface area contributed by atoms with Gasteiger partial charge in [0, 0.05) is 0 Å². The molecule has 3 heterocycles. The lowest BCUT2D eigenvalue weighted by atomic mass is 9.93. The van der Waals surface area contributed by atoms with Crippen molar-refractivity contribution in [2.45, 2.75) is 264 Å². The third-order valence-electron chi connectivity index (χ3n) is 17.6. The summed E-state index contributed by atoms with van der Waals surface area (Å²) in [6, 6.07) is 25.7. The highest BCUT2D eigenvalue weighted by molar-refractivity contribution is 5.96. The average molecular weight is 1540 g/mol. The Hall–Kier alpha value is -9.49. The van der Waals surface area contributed by atoms with Crippen LogP contribution in [-0.2, 0) is 71.2 Å². The number of benzene rings is 4. The Morgan fingerprint density at radius 2 is 0.645 bits per heavy atom. The van der Waals surface area contributed by atoms with Gasteiger partial charge in [-0.2, -0.15) is 14.7 Å². The molecule has 7 rings (SSSR count). The molecule has 0 spiro atoms. The lowest BCUT2D eigenvalue weighted by Gasteiger charge is -2.37. The zero-order chi connectivity index (χ0) is 81.4. The van der Waals surface area contributed by atoms with Crippen LogP contribution in [0.5, 0.6) is 23.0 Å². The number of hydrogen-bond donors (Lipinski definition) is 2. The largest absolute Gasteiger partial charge is 0.485 e. The lowest BCUT2D eigenvalue weighted by Crippen LogP contribution is -2.55. The molecule has 110 heavy (non-hydrogen) atoms. The molecule has 0 bridgehead atoms. The van der Waals surface area contributed by atoms with E-state index in [1.165, 1.54) is 90.0 Å². The maximum absolute atomic E-state index is 15.1. The normalized spacial score (nSPS) is 23.4. The smallest absolute Gasteiger partial charge is 0.420 e. The molecule has 0 aromatic heterocycles. The molecule has 12 unspecified atom stereocenters. The van der Waals surface area contributed by atoms with Gasteiger partial charge in [-0.1, -0.05) is 71.8 Å². The number of hydrogen-bond acceptors (Lipinski definition) is 27. The molecule has 3 fully saturated rings.